The SMILES string of the molecule is CC(CO)c1c(O)ccc2ccccc12. The first-order valence-electron chi connectivity index (χ1n) is 5.05. The highest BCUT2D eigenvalue weighted by atomic mass is 16.3. The summed E-state index contributed by atoms with van der Waals surface area (Å²) in [6.45, 7) is 1.95. The molecule has 2 aromatic rings. The lowest BCUT2D eigenvalue weighted by atomic mass is 9.94. The Kier molecular flexibility index (Phi) is 2.60. The van der Waals surface area contributed by atoms with Crippen LogP contribution in [0.25, 0.3) is 10.8 Å². The van der Waals surface area contributed by atoms with E-state index in [0.717, 1.165) is 16.3 Å². The van der Waals surface area contributed by atoms with E-state index >= 15 is 0 Å². The van der Waals surface area contributed by atoms with Crippen molar-refractivity contribution >= 4 is 10.8 Å². The first kappa shape index (κ1) is 9.99. The van der Waals surface area contributed by atoms with E-state index in [1.807, 2.05) is 37.3 Å². The van der Waals surface area contributed by atoms with Crippen LogP contribution >= 0.6 is 0 Å². The van der Waals surface area contributed by atoms with E-state index in [0.29, 0.717) is 0 Å². The molecule has 0 heterocycles. The van der Waals surface area contributed by atoms with Crippen molar-refractivity contribution in [1.82, 2.24) is 0 Å². The van der Waals surface area contributed by atoms with E-state index in [1.54, 1.807) is 6.07 Å². The molecule has 1 unspecified atom stereocenters. The maximum atomic E-state index is 9.80. The summed E-state index contributed by atoms with van der Waals surface area (Å²) >= 11 is 0. The molecule has 0 saturated carbocycles. The van der Waals surface area contributed by atoms with Crippen LogP contribution in [-0.2, 0) is 0 Å². The quantitative estimate of drug-likeness (QED) is 0.786. The Morgan fingerprint density at radius 1 is 1.13 bits per heavy atom. The minimum atomic E-state index is -0.0453. The summed E-state index contributed by atoms with van der Waals surface area (Å²) in [5.41, 5.74) is 0.829. The standard InChI is InChI=1S/C13H14O2/c1-9(8-14)13-11-5-3-2-4-10(11)6-7-12(13)15/h2-7,9,14-15H,8H2,1H3. The molecule has 2 N–H and O–H groups in total. The Hall–Kier alpha value is -1.54. The Balaban J connectivity index is 2.74. The van der Waals surface area contributed by atoms with Gasteiger partial charge in [0.15, 0.2) is 0 Å². The van der Waals surface area contributed by atoms with Gasteiger partial charge in [0, 0.05) is 18.1 Å². The second-order valence-corrected chi connectivity index (χ2v) is 3.80. The van der Waals surface area contributed by atoms with Crippen LogP contribution in [0.2, 0.25) is 0 Å². The molecule has 0 spiro atoms. The lowest BCUT2D eigenvalue weighted by molar-refractivity contribution is 0.271. The third-order valence-electron chi connectivity index (χ3n) is 2.71. The average Bonchev–Trinajstić information content (AvgIpc) is 2.28. The highest BCUT2D eigenvalue weighted by molar-refractivity contribution is 5.88. The van der Waals surface area contributed by atoms with Crippen LogP contribution in [-0.4, -0.2) is 16.8 Å². The predicted molar refractivity (Wildman–Crippen MR) is 61.1 cm³/mol. The van der Waals surface area contributed by atoms with Crippen LogP contribution in [0.5, 0.6) is 5.75 Å². The number of hydrogen-bond acceptors (Lipinski definition) is 2. The number of aliphatic hydroxyl groups excluding tert-OH is 1. The molecule has 0 aliphatic rings. The van der Waals surface area contributed by atoms with Crippen LogP contribution in [0.15, 0.2) is 36.4 Å². The summed E-state index contributed by atoms with van der Waals surface area (Å²) in [5, 5.41) is 21.1. The second-order valence-electron chi connectivity index (χ2n) is 3.80. The third kappa shape index (κ3) is 1.68. The van der Waals surface area contributed by atoms with Crippen molar-refractivity contribution < 1.29 is 10.2 Å². The zero-order valence-electron chi connectivity index (χ0n) is 8.64. The smallest absolute Gasteiger partial charge is 0.119 e. The topological polar surface area (TPSA) is 40.5 Å². The van der Waals surface area contributed by atoms with Gasteiger partial charge in [-0.3, -0.25) is 0 Å². The van der Waals surface area contributed by atoms with Crippen molar-refractivity contribution in [2.45, 2.75) is 12.8 Å². The van der Waals surface area contributed by atoms with Crippen molar-refractivity contribution in [3.63, 3.8) is 0 Å². The lowest BCUT2D eigenvalue weighted by Gasteiger charge is -2.13. The molecule has 0 saturated heterocycles. The number of fused-ring (bicyclic) bond motifs is 1. The zero-order valence-corrected chi connectivity index (χ0v) is 8.64. The summed E-state index contributed by atoms with van der Waals surface area (Å²) in [6.07, 6.45) is 0. The van der Waals surface area contributed by atoms with Gasteiger partial charge in [-0.2, -0.15) is 0 Å². The number of phenolic OH excluding ortho intramolecular Hbond substituents is 1. The average molecular weight is 202 g/mol. The molecule has 15 heavy (non-hydrogen) atoms. The fraction of sp³-hybridized carbons (Fsp3) is 0.231. The molecule has 0 aliphatic carbocycles. The molecular formula is C13H14O2. The Bertz CT molecular complexity index is 477. The van der Waals surface area contributed by atoms with E-state index in [9.17, 15) is 5.11 Å². The van der Waals surface area contributed by atoms with Gasteiger partial charge >= 0.3 is 0 Å². The molecule has 0 aliphatic heterocycles. The fourth-order valence-corrected chi connectivity index (χ4v) is 1.89. The number of benzene rings is 2. The van der Waals surface area contributed by atoms with E-state index in [2.05, 4.69) is 0 Å². The molecule has 0 aromatic heterocycles. The second kappa shape index (κ2) is 3.91. The Morgan fingerprint density at radius 2 is 1.87 bits per heavy atom. The van der Waals surface area contributed by atoms with Crippen LogP contribution in [0.3, 0.4) is 0 Å². The fourth-order valence-electron chi connectivity index (χ4n) is 1.89. The number of rotatable bonds is 2. The van der Waals surface area contributed by atoms with Gasteiger partial charge in [0.25, 0.3) is 0 Å². The Morgan fingerprint density at radius 3 is 2.60 bits per heavy atom. The van der Waals surface area contributed by atoms with Crippen LogP contribution < -0.4 is 0 Å². The highest BCUT2D eigenvalue weighted by Crippen LogP contribution is 2.32. The molecular weight excluding hydrogens is 188 g/mol. The van der Waals surface area contributed by atoms with Gasteiger partial charge < -0.3 is 10.2 Å². The summed E-state index contributed by atoms with van der Waals surface area (Å²) in [5.74, 6) is 0.214. The molecule has 78 valence electrons. The maximum absolute atomic E-state index is 9.80. The minimum Gasteiger partial charge on any atom is -0.508 e. The van der Waals surface area contributed by atoms with Gasteiger partial charge in [0.05, 0.1) is 0 Å². The number of aromatic hydroxyl groups is 1. The van der Waals surface area contributed by atoms with E-state index < -0.39 is 0 Å². The molecule has 0 fully saturated rings. The van der Waals surface area contributed by atoms with Crippen molar-refractivity contribution in [3.8, 4) is 5.75 Å². The van der Waals surface area contributed by atoms with Crippen LogP contribution in [0, 0.1) is 0 Å². The molecule has 0 bridgehead atoms. The Labute approximate surface area is 88.8 Å². The zero-order chi connectivity index (χ0) is 10.8. The number of phenols is 1. The van der Waals surface area contributed by atoms with Crippen LogP contribution in [0.1, 0.15) is 18.4 Å². The van der Waals surface area contributed by atoms with E-state index in [-0.39, 0.29) is 18.3 Å². The summed E-state index contributed by atoms with van der Waals surface area (Å²) in [4.78, 5) is 0. The van der Waals surface area contributed by atoms with Gasteiger partial charge in [-0.15, -0.1) is 0 Å². The van der Waals surface area contributed by atoms with E-state index in [4.69, 9.17) is 5.11 Å². The van der Waals surface area contributed by atoms with Crippen molar-refractivity contribution in [3.05, 3.63) is 42.0 Å². The summed E-state index contributed by atoms with van der Waals surface area (Å²) in [6, 6.07) is 11.4. The van der Waals surface area contributed by atoms with Gasteiger partial charge in [-0.05, 0) is 16.8 Å². The summed E-state index contributed by atoms with van der Waals surface area (Å²) in [7, 11) is 0. The molecule has 2 heteroatoms. The van der Waals surface area contributed by atoms with Crippen LogP contribution in [0.4, 0.5) is 0 Å². The molecule has 2 rings (SSSR count). The molecule has 0 amide bonds. The highest BCUT2D eigenvalue weighted by Gasteiger charge is 2.12. The minimum absolute atomic E-state index is 0.0432. The first-order valence-corrected chi connectivity index (χ1v) is 5.05. The van der Waals surface area contributed by atoms with Gasteiger partial charge in [0.1, 0.15) is 5.75 Å². The molecule has 0 radical (unpaired) electrons. The molecule has 2 aromatic carbocycles. The van der Waals surface area contributed by atoms with E-state index in [1.165, 1.54) is 0 Å². The monoisotopic (exact) mass is 202 g/mol. The van der Waals surface area contributed by atoms with Gasteiger partial charge in [0.2, 0.25) is 0 Å². The van der Waals surface area contributed by atoms with Crippen molar-refractivity contribution in [2.75, 3.05) is 6.61 Å². The summed E-state index contributed by atoms with van der Waals surface area (Å²) < 4.78 is 0. The van der Waals surface area contributed by atoms with Gasteiger partial charge in [-0.1, -0.05) is 37.3 Å². The normalized spacial score (nSPS) is 12.9. The largest absolute Gasteiger partial charge is 0.508 e. The predicted octanol–water partition coefficient (Wildman–Crippen LogP) is 2.64. The maximum Gasteiger partial charge on any atom is 0.119 e. The lowest BCUT2D eigenvalue weighted by Crippen LogP contribution is -2.00. The van der Waals surface area contributed by atoms with Crippen molar-refractivity contribution in [2.24, 2.45) is 0 Å². The number of aliphatic hydroxyl groups is 1. The first-order chi connectivity index (χ1) is 7.24. The third-order valence-corrected chi connectivity index (χ3v) is 2.71. The number of hydrogen-bond donors (Lipinski definition) is 2. The molecule has 2 nitrogen and oxygen atoms in total. The van der Waals surface area contributed by atoms with Crippen molar-refractivity contribution in [1.29, 1.82) is 0 Å². The molecule has 1 atom stereocenters. The van der Waals surface area contributed by atoms with Gasteiger partial charge in [-0.25, -0.2) is 0 Å².